The van der Waals surface area contributed by atoms with E-state index in [1.807, 2.05) is 24.4 Å². The molecule has 1 aliphatic heterocycles. The molecule has 2 aliphatic rings. The zero-order valence-corrected chi connectivity index (χ0v) is 15.4. The van der Waals surface area contributed by atoms with Crippen LogP contribution in [-0.2, 0) is 19.3 Å². The lowest BCUT2D eigenvalue weighted by Crippen LogP contribution is -2.30. The van der Waals surface area contributed by atoms with Crippen molar-refractivity contribution in [2.45, 2.75) is 31.6 Å². The summed E-state index contributed by atoms with van der Waals surface area (Å²) in [6.45, 7) is 1.09. The van der Waals surface area contributed by atoms with E-state index in [-0.39, 0.29) is 5.56 Å². The standard InChI is InChI=1S/C22H22N4O/c1-25-12-10-19-17(5-4-6-20(19)25)15-8-9-18-16(13-15)14-24-26(22(18)27)21-7-2-3-11-23-21/h2-7,11,14-15H,8-10,12-13H2,1H3. The molecule has 5 heteroatoms. The highest BCUT2D eigenvalue weighted by molar-refractivity contribution is 5.61. The molecule has 3 heterocycles. The Kier molecular flexibility index (Phi) is 3.81. The number of hydrogen-bond acceptors (Lipinski definition) is 4. The number of nitrogens with zero attached hydrogens (tertiary/aromatic N) is 4. The molecule has 0 saturated heterocycles. The summed E-state index contributed by atoms with van der Waals surface area (Å²) in [5, 5.41) is 4.41. The van der Waals surface area contributed by atoms with Crippen LogP contribution in [0, 0.1) is 0 Å². The summed E-state index contributed by atoms with van der Waals surface area (Å²) in [6, 6.07) is 12.2. The third-order valence-electron chi connectivity index (χ3n) is 5.98. The molecule has 0 bridgehead atoms. The number of likely N-dealkylation sites (N-methyl/N-ethyl adjacent to an activating group) is 1. The maximum Gasteiger partial charge on any atom is 0.276 e. The van der Waals surface area contributed by atoms with E-state index in [0.717, 1.165) is 43.4 Å². The number of benzene rings is 1. The first kappa shape index (κ1) is 16.2. The van der Waals surface area contributed by atoms with E-state index in [1.54, 1.807) is 6.20 Å². The summed E-state index contributed by atoms with van der Waals surface area (Å²) in [6.07, 6.45) is 7.37. The highest BCUT2D eigenvalue weighted by Crippen LogP contribution is 2.38. The van der Waals surface area contributed by atoms with Gasteiger partial charge in [0.2, 0.25) is 0 Å². The molecule has 136 valence electrons. The van der Waals surface area contributed by atoms with Gasteiger partial charge in [-0.2, -0.15) is 9.78 Å². The predicted molar refractivity (Wildman–Crippen MR) is 106 cm³/mol. The minimum atomic E-state index is -0.0253. The van der Waals surface area contributed by atoms with Crippen LogP contribution in [0.15, 0.2) is 53.6 Å². The van der Waals surface area contributed by atoms with E-state index in [4.69, 9.17) is 0 Å². The van der Waals surface area contributed by atoms with Crippen LogP contribution in [0.3, 0.4) is 0 Å². The molecule has 1 aromatic carbocycles. The first-order valence-corrected chi connectivity index (χ1v) is 9.57. The lowest BCUT2D eigenvalue weighted by molar-refractivity contribution is 0.564. The van der Waals surface area contributed by atoms with Gasteiger partial charge in [0.15, 0.2) is 5.82 Å². The second-order valence-electron chi connectivity index (χ2n) is 7.51. The Bertz CT molecular complexity index is 1060. The molecule has 1 aliphatic carbocycles. The van der Waals surface area contributed by atoms with Crippen molar-refractivity contribution in [2.75, 3.05) is 18.5 Å². The highest BCUT2D eigenvalue weighted by Gasteiger charge is 2.28. The first-order chi connectivity index (χ1) is 13.2. The lowest BCUT2D eigenvalue weighted by atomic mass is 9.79. The van der Waals surface area contributed by atoms with Crippen molar-refractivity contribution in [2.24, 2.45) is 0 Å². The van der Waals surface area contributed by atoms with Gasteiger partial charge in [-0.25, -0.2) is 4.98 Å². The van der Waals surface area contributed by atoms with Gasteiger partial charge in [-0.3, -0.25) is 4.79 Å². The fraction of sp³-hybridized carbons (Fsp3) is 0.318. The van der Waals surface area contributed by atoms with Gasteiger partial charge >= 0.3 is 0 Å². The molecule has 0 spiro atoms. The molecule has 5 rings (SSSR count). The smallest absolute Gasteiger partial charge is 0.276 e. The third-order valence-corrected chi connectivity index (χ3v) is 5.98. The third kappa shape index (κ3) is 2.65. The van der Waals surface area contributed by atoms with Crippen LogP contribution in [0.25, 0.3) is 5.82 Å². The Hall–Kier alpha value is -2.95. The molecular weight excluding hydrogens is 336 g/mol. The Labute approximate surface area is 158 Å². The molecule has 0 fully saturated rings. The van der Waals surface area contributed by atoms with E-state index in [1.165, 1.54) is 21.5 Å². The molecule has 0 saturated carbocycles. The van der Waals surface area contributed by atoms with Gasteiger partial charge < -0.3 is 4.90 Å². The molecule has 1 atom stereocenters. The van der Waals surface area contributed by atoms with E-state index in [0.29, 0.717) is 11.7 Å². The Morgan fingerprint density at radius 3 is 2.85 bits per heavy atom. The van der Waals surface area contributed by atoms with Gasteiger partial charge in [0.05, 0.1) is 6.20 Å². The topological polar surface area (TPSA) is 51.0 Å². The van der Waals surface area contributed by atoms with Crippen LogP contribution in [0.5, 0.6) is 0 Å². The van der Waals surface area contributed by atoms with Crippen LogP contribution in [0.1, 0.15) is 34.6 Å². The van der Waals surface area contributed by atoms with Gasteiger partial charge in [-0.15, -0.1) is 0 Å². The molecule has 27 heavy (non-hydrogen) atoms. The molecule has 0 radical (unpaired) electrons. The second kappa shape index (κ2) is 6.34. The minimum absolute atomic E-state index is 0.0253. The van der Waals surface area contributed by atoms with Crippen LogP contribution in [0.2, 0.25) is 0 Å². The van der Waals surface area contributed by atoms with Gasteiger partial charge in [-0.1, -0.05) is 18.2 Å². The van der Waals surface area contributed by atoms with E-state index >= 15 is 0 Å². The van der Waals surface area contributed by atoms with Crippen molar-refractivity contribution >= 4 is 5.69 Å². The lowest BCUT2D eigenvalue weighted by Gasteiger charge is -2.26. The molecule has 2 aromatic heterocycles. The second-order valence-corrected chi connectivity index (χ2v) is 7.51. The van der Waals surface area contributed by atoms with Crippen molar-refractivity contribution < 1.29 is 0 Å². The fourth-order valence-electron chi connectivity index (χ4n) is 4.56. The summed E-state index contributed by atoms with van der Waals surface area (Å²) in [4.78, 5) is 19.5. The van der Waals surface area contributed by atoms with Gasteiger partial charge in [0.25, 0.3) is 5.56 Å². The Morgan fingerprint density at radius 1 is 1.07 bits per heavy atom. The number of rotatable bonds is 2. The number of pyridine rings is 1. The van der Waals surface area contributed by atoms with Crippen LogP contribution >= 0.6 is 0 Å². The quantitative estimate of drug-likeness (QED) is 0.707. The average Bonchev–Trinajstić information content (AvgIpc) is 3.10. The van der Waals surface area contributed by atoms with E-state index < -0.39 is 0 Å². The molecule has 0 N–H and O–H groups in total. The highest BCUT2D eigenvalue weighted by atomic mass is 16.1. The van der Waals surface area contributed by atoms with Crippen molar-refractivity contribution in [1.82, 2.24) is 14.8 Å². The van der Waals surface area contributed by atoms with E-state index in [9.17, 15) is 4.79 Å². The van der Waals surface area contributed by atoms with Crippen molar-refractivity contribution in [3.8, 4) is 5.82 Å². The van der Waals surface area contributed by atoms with E-state index in [2.05, 4.69) is 40.2 Å². The normalized spacial score (nSPS) is 18.3. The maximum atomic E-state index is 12.9. The Morgan fingerprint density at radius 2 is 2.00 bits per heavy atom. The van der Waals surface area contributed by atoms with Crippen molar-refractivity contribution in [3.05, 3.63) is 81.4 Å². The molecule has 3 aromatic rings. The summed E-state index contributed by atoms with van der Waals surface area (Å²) in [5.74, 6) is 1.04. The Balaban J connectivity index is 1.50. The monoisotopic (exact) mass is 358 g/mol. The fourth-order valence-corrected chi connectivity index (χ4v) is 4.56. The van der Waals surface area contributed by atoms with Crippen LogP contribution in [-0.4, -0.2) is 28.4 Å². The SMILES string of the molecule is CN1CCc2c(C3CCc4c(cnn(-c5ccccn5)c4=O)C3)cccc21. The summed E-state index contributed by atoms with van der Waals surface area (Å²) >= 11 is 0. The van der Waals surface area contributed by atoms with Crippen LogP contribution in [0.4, 0.5) is 5.69 Å². The largest absolute Gasteiger partial charge is 0.374 e. The molecular formula is C22H22N4O. The predicted octanol–water partition coefficient (Wildman–Crippen LogP) is 2.89. The maximum absolute atomic E-state index is 12.9. The average molecular weight is 358 g/mol. The number of aromatic nitrogens is 3. The minimum Gasteiger partial charge on any atom is -0.374 e. The molecule has 5 nitrogen and oxygen atoms in total. The van der Waals surface area contributed by atoms with Crippen molar-refractivity contribution in [3.63, 3.8) is 0 Å². The number of anilines is 1. The summed E-state index contributed by atoms with van der Waals surface area (Å²) in [7, 11) is 2.16. The van der Waals surface area contributed by atoms with Gasteiger partial charge in [-0.05, 0) is 66.5 Å². The molecule has 0 amide bonds. The molecule has 1 unspecified atom stereocenters. The summed E-state index contributed by atoms with van der Waals surface area (Å²) < 4.78 is 1.42. The first-order valence-electron chi connectivity index (χ1n) is 9.57. The van der Waals surface area contributed by atoms with Crippen LogP contribution < -0.4 is 10.5 Å². The number of fused-ring (bicyclic) bond motifs is 2. The van der Waals surface area contributed by atoms with Gasteiger partial charge in [0, 0.05) is 31.0 Å². The number of hydrogen-bond donors (Lipinski definition) is 0. The van der Waals surface area contributed by atoms with Crippen molar-refractivity contribution in [1.29, 1.82) is 0 Å². The zero-order chi connectivity index (χ0) is 18.4. The summed E-state index contributed by atoms with van der Waals surface area (Å²) in [5.41, 5.74) is 6.27. The zero-order valence-electron chi connectivity index (χ0n) is 15.4. The van der Waals surface area contributed by atoms with Gasteiger partial charge in [0.1, 0.15) is 0 Å².